The summed E-state index contributed by atoms with van der Waals surface area (Å²) in [4.78, 5) is 12.5. The van der Waals surface area contributed by atoms with E-state index in [0.29, 0.717) is 22.1 Å². The van der Waals surface area contributed by atoms with Gasteiger partial charge in [-0.2, -0.15) is 0 Å². The van der Waals surface area contributed by atoms with E-state index in [1.54, 1.807) is 55.5 Å². The molecule has 3 aromatic carbocycles. The smallest absolute Gasteiger partial charge is 0.265 e. The fraction of sp³-hybridized carbons (Fsp3) is 0.136. The molecule has 0 heterocycles. The Morgan fingerprint density at radius 2 is 1.63 bits per heavy atom. The van der Waals surface area contributed by atoms with Crippen LogP contribution < -0.4 is 14.8 Å². The van der Waals surface area contributed by atoms with Crippen LogP contribution in [-0.4, -0.2) is 20.4 Å². The van der Waals surface area contributed by atoms with Crippen molar-refractivity contribution < 1.29 is 17.9 Å². The predicted octanol–water partition coefficient (Wildman–Crippen LogP) is 4.86. The van der Waals surface area contributed by atoms with Crippen LogP contribution in [0.5, 0.6) is 5.75 Å². The van der Waals surface area contributed by atoms with Crippen LogP contribution in [0.4, 0.5) is 11.4 Å². The summed E-state index contributed by atoms with van der Waals surface area (Å²) in [6.07, 6.45) is -0.756. The zero-order valence-electron chi connectivity index (χ0n) is 16.4. The number of nitrogens with one attached hydrogen (secondary N) is 2. The Hall–Kier alpha value is -3.03. The third kappa shape index (κ3) is 5.52. The van der Waals surface area contributed by atoms with Crippen molar-refractivity contribution in [2.75, 3.05) is 10.0 Å². The largest absolute Gasteiger partial charge is 0.481 e. The van der Waals surface area contributed by atoms with Gasteiger partial charge in [0.25, 0.3) is 15.9 Å². The van der Waals surface area contributed by atoms with Gasteiger partial charge in [0.05, 0.1) is 4.90 Å². The highest BCUT2D eigenvalue weighted by Crippen LogP contribution is 2.22. The molecule has 0 saturated heterocycles. The van der Waals surface area contributed by atoms with Gasteiger partial charge >= 0.3 is 0 Å². The van der Waals surface area contributed by atoms with Crippen LogP contribution in [0.1, 0.15) is 12.5 Å². The highest BCUT2D eigenvalue weighted by Gasteiger charge is 2.17. The summed E-state index contributed by atoms with van der Waals surface area (Å²) in [5, 5.41) is 3.33. The lowest BCUT2D eigenvalue weighted by Gasteiger charge is -2.15. The van der Waals surface area contributed by atoms with E-state index >= 15 is 0 Å². The zero-order chi connectivity index (χ0) is 21.7. The van der Waals surface area contributed by atoms with Crippen LogP contribution in [0.2, 0.25) is 5.02 Å². The van der Waals surface area contributed by atoms with Crippen LogP contribution in [0.25, 0.3) is 0 Å². The number of para-hydroxylation sites is 1. The molecule has 3 aromatic rings. The van der Waals surface area contributed by atoms with Gasteiger partial charge in [-0.3, -0.25) is 9.52 Å². The Bertz CT molecular complexity index is 1130. The van der Waals surface area contributed by atoms with Gasteiger partial charge in [0, 0.05) is 16.4 Å². The van der Waals surface area contributed by atoms with Gasteiger partial charge in [-0.1, -0.05) is 29.8 Å². The molecule has 30 heavy (non-hydrogen) atoms. The van der Waals surface area contributed by atoms with Crippen molar-refractivity contribution in [3.63, 3.8) is 0 Å². The van der Waals surface area contributed by atoms with Gasteiger partial charge in [-0.15, -0.1) is 0 Å². The molecule has 8 heteroatoms. The number of amides is 1. The molecule has 0 bridgehead atoms. The molecule has 0 aliphatic carbocycles. The van der Waals surface area contributed by atoms with Crippen LogP contribution in [-0.2, 0) is 14.8 Å². The molecule has 3 rings (SSSR count). The molecule has 156 valence electrons. The molecule has 0 spiro atoms. The number of hydrogen-bond acceptors (Lipinski definition) is 4. The molecule has 0 saturated carbocycles. The second kappa shape index (κ2) is 9.19. The van der Waals surface area contributed by atoms with Crippen molar-refractivity contribution in [3.8, 4) is 5.75 Å². The molecule has 6 nitrogen and oxygen atoms in total. The standard InChI is InChI=1S/C22H21ClN2O4S/c1-15-14-19(10-13-21(15)23)29-16(2)22(26)24-17-8-11-20(12-9-17)30(27,28)25-18-6-4-3-5-7-18/h3-14,16,25H,1-2H3,(H,24,26)/t16-/m0/s1. The first-order valence-corrected chi connectivity index (χ1v) is 11.0. The van der Waals surface area contributed by atoms with Crippen molar-refractivity contribution in [1.82, 2.24) is 0 Å². The van der Waals surface area contributed by atoms with Crippen LogP contribution in [0.15, 0.2) is 77.7 Å². The maximum absolute atomic E-state index is 12.5. The minimum absolute atomic E-state index is 0.0882. The highest BCUT2D eigenvalue weighted by molar-refractivity contribution is 7.92. The first-order chi connectivity index (χ1) is 14.2. The maximum Gasteiger partial charge on any atom is 0.265 e. The Morgan fingerprint density at radius 1 is 0.967 bits per heavy atom. The quantitative estimate of drug-likeness (QED) is 0.545. The molecule has 0 aliphatic rings. The monoisotopic (exact) mass is 444 g/mol. The average molecular weight is 445 g/mol. The Balaban J connectivity index is 1.63. The summed E-state index contributed by atoms with van der Waals surface area (Å²) in [5.74, 6) is 0.175. The van der Waals surface area contributed by atoms with Crippen molar-refractivity contribution in [3.05, 3.63) is 83.4 Å². The zero-order valence-corrected chi connectivity index (χ0v) is 18.0. The second-order valence-electron chi connectivity index (χ2n) is 6.66. The Morgan fingerprint density at radius 3 is 2.27 bits per heavy atom. The minimum atomic E-state index is -3.72. The minimum Gasteiger partial charge on any atom is -0.481 e. The third-order valence-corrected chi connectivity index (χ3v) is 6.09. The molecule has 0 radical (unpaired) electrons. The number of carbonyl (C=O) groups excluding carboxylic acids is 1. The number of carbonyl (C=O) groups is 1. The number of halogens is 1. The Kier molecular flexibility index (Phi) is 6.64. The van der Waals surface area contributed by atoms with Crippen molar-refractivity contribution >= 4 is 38.9 Å². The van der Waals surface area contributed by atoms with E-state index in [4.69, 9.17) is 16.3 Å². The first-order valence-electron chi connectivity index (χ1n) is 9.16. The number of anilines is 2. The van der Waals surface area contributed by atoms with Gasteiger partial charge in [0.15, 0.2) is 6.10 Å². The van der Waals surface area contributed by atoms with E-state index in [1.807, 2.05) is 6.92 Å². The van der Waals surface area contributed by atoms with E-state index in [9.17, 15) is 13.2 Å². The molecule has 0 aliphatic heterocycles. The molecule has 0 aromatic heterocycles. The van der Waals surface area contributed by atoms with Gasteiger partial charge < -0.3 is 10.1 Å². The third-order valence-electron chi connectivity index (χ3n) is 4.27. The molecular formula is C22H21ClN2O4S. The van der Waals surface area contributed by atoms with Crippen LogP contribution >= 0.6 is 11.6 Å². The van der Waals surface area contributed by atoms with Gasteiger partial charge in [0.2, 0.25) is 0 Å². The highest BCUT2D eigenvalue weighted by atomic mass is 35.5. The van der Waals surface area contributed by atoms with Crippen molar-refractivity contribution in [2.24, 2.45) is 0 Å². The lowest BCUT2D eigenvalue weighted by atomic mass is 10.2. The van der Waals surface area contributed by atoms with Gasteiger partial charge in [-0.05, 0) is 74.0 Å². The van der Waals surface area contributed by atoms with E-state index in [2.05, 4.69) is 10.0 Å². The van der Waals surface area contributed by atoms with Crippen molar-refractivity contribution in [1.29, 1.82) is 0 Å². The number of hydrogen-bond donors (Lipinski definition) is 2. The SMILES string of the molecule is Cc1cc(O[C@@H](C)C(=O)Nc2ccc(S(=O)(=O)Nc3ccccc3)cc2)ccc1Cl. The summed E-state index contributed by atoms with van der Waals surface area (Å²) >= 11 is 6.00. The fourth-order valence-electron chi connectivity index (χ4n) is 2.63. The summed E-state index contributed by atoms with van der Waals surface area (Å²) in [5.41, 5.74) is 1.78. The summed E-state index contributed by atoms with van der Waals surface area (Å²) in [6.45, 7) is 3.48. The fourth-order valence-corrected chi connectivity index (χ4v) is 3.81. The van der Waals surface area contributed by atoms with Crippen LogP contribution in [0.3, 0.4) is 0 Å². The molecule has 2 N–H and O–H groups in total. The van der Waals surface area contributed by atoms with Crippen molar-refractivity contribution in [2.45, 2.75) is 24.8 Å². The molecular weight excluding hydrogens is 424 g/mol. The van der Waals surface area contributed by atoms with E-state index < -0.39 is 16.1 Å². The summed E-state index contributed by atoms with van der Waals surface area (Å²) < 4.78 is 33.1. The number of benzene rings is 3. The lowest BCUT2D eigenvalue weighted by molar-refractivity contribution is -0.122. The summed E-state index contributed by atoms with van der Waals surface area (Å²) in [6, 6.07) is 19.7. The Labute approximate surface area is 180 Å². The predicted molar refractivity (Wildman–Crippen MR) is 119 cm³/mol. The number of ether oxygens (including phenoxy) is 1. The van der Waals surface area contributed by atoms with Gasteiger partial charge in [0.1, 0.15) is 5.75 Å². The first kappa shape index (κ1) is 21.7. The number of aryl methyl sites for hydroxylation is 1. The van der Waals surface area contributed by atoms with E-state index in [0.717, 1.165) is 5.56 Å². The topological polar surface area (TPSA) is 84.5 Å². The maximum atomic E-state index is 12.5. The normalized spacial score (nSPS) is 12.1. The van der Waals surface area contributed by atoms with E-state index in [1.165, 1.54) is 24.3 Å². The van der Waals surface area contributed by atoms with E-state index in [-0.39, 0.29) is 10.8 Å². The molecule has 0 unspecified atom stereocenters. The summed E-state index contributed by atoms with van der Waals surface area (Å²) in [7, 11) is -3.72. The lowest BCUT2D eigenvalue weighted by Crippen LogP contribution is -2.30. The van der Waals surface area contributed by atoms with Gasteiger partial charge in [-0.25, -0.2) is 8.42 Å². The van der Waals surface area contributed by atoms with Crippen LogP contribution in [0, 0.1) is 6.92 Å². The second-order valence-corrected chi connectivity index (χ2v) is 8.75. The average Bonchev–Trinajstić information content (AvgIpc) is 2.71. The number of rotatable bonds is 7. The molecule has 1 amide bonds. The molecule has 0 fully saturated rings. The number of sulfonamides is 1. The molecule has 1 atom stereocenters.